The molecule has 3 saturated heterocycles. The van der Waals surface area contributed by atoms with Crippen LogP contribution < -0.4 is 10.6 Å². The molecule has 3 aromatic carbocycles. The molecule has 3 N–H and O–H groups in total. The van der Waals surface area contributed by atoms with Crippen molar-refractivity contribution in [3.63, 3.8) is 0 Å². The number of piperidine rings is 2. The summed E-state index contributed by atoms with van der Waals surface area (Å²) in [5.74, 6) is 13.6. The number of hydrogen-bond acceptors (Lipinski definition) is 11. The number of nitrogens with zero attached hydrogens (tertiary/aromatic N) is 7. The number of carbonyl (C=O) groups is 3. The van der Waals surface area contributed by atoms with Crippen LogP contribution in [-0.4, -0.2) is 134 Å². The number of aromatic nitrogens is 2. The second kappa shape index (κ2) is 21.1. The lowest BCUT2D eigenvalue weighted by Crippen LogP contribution is -2.53. The van der Waals surface area contributed by atoms with Crippen molar-refractivity contribution in [1.82, 2.24) is 45.1 Å². The second-order valence-corrected chi connectivity index (χ2v) is 20.3. The average Bonchev–Trinajstić information content (AvgIpc) is 3.76. The summed E-state index contributed by atoms with van der Waals surface area (Å²) >= 11 is 0. The Morgan fingerprint density at radius 2 is 1.58 bits per heavy atom. The molecule has 0 spiro atoms. The third-order valence-corrected chi connectivity index (χ3v) is 15.6. The molecule has 0 bridgehead atoms. The Bertz CT molecular complexity index is 3080. The van der Waals surface area contributed by atoms with Gasteiger partial charge in [0.2, 0.25) is 11.8 Å². The Labute approximate surface area is 428 Å². The predicted molar refractivity (Wildman–Crippen MR) is 283 cm³/mol. The zero-order chi connectivity index (χ0) is 49.9. The summed E-state index contributed by atoms with van der Waals surface area (Å²) in [5, 5.41) is 17.0. The van der Waals surface area contributed by atoms with Crippen LogP contribution in [0.4, 0.5) is 0 Å². The average molecular weight is 972 g/mol. The number of amides is 3. The number of imide groups is 1. The highest BCUT2D eigenvalue weighted by molar-refractivity contribution is 6.00. The van der Waals surface area contributed by atoms with E-state index in [0.717, 1.165) is 121 Å². The minimum Gasteiger partial charge on any atom is -0.378 e. The molecule has 4 aromatic rings. The number of piperazine rings is 1. The Hall–Kier alpha value is -7.23. The van der Waals surface area contributed by atoms with Crippen LogP contribution in [0.5, 0.6) is 0 Å². The van der Waals surface area contributed by atoms with Crippen LogP contribution >= 0.6 is 0 Å². The van der Waals surface area contributed by atoms with E-state index >= 15 is 0 Å². The van der Waals surface area contributed by atoms with Gasteiger partial charge in [-0.1, -0.05) is 96.5 Å². The number of likely N-dealkylation sites (tertiary alicyclic amines) is 1. The van der Waals surface area contributed by atoms with E-state index < -0.39 is 12.3 Å². The number of carbonyl (C=O) groups excluding carboxylic acids is 3. The molecular weight excluding hydrogens is 911 g/mol. The molecule has 1 aliphatic carbocycles. The standard InChI is InChI=1S/C60H61N9O4/c1-60-27-3-2-10-49(60)37-48(39-62-60)56-61-38-47-24-32-68(41-53(47)63-56)58(72)46-20-18-44(19-21-46)17-16-43-14-12-42(13-15-43)7-5-28-66-33-35-67(36-34-66)50-25-30-65(31-26-50)29-6-9-45-8-4-11-51-52(45)40-69(59(51)73)54-22-23-55(70)64-57(54)71/h2-4,8,10-21,27,37-39,50,54,59,62,73H,22-26,28-36,40-41H2,1H3,(H,64,70,71)/b17-16+. The molecule has 370 valence electrons. The molecule has 6 aliphatic heterocycles. The molecule has 7 aliphatic rings. The van der Waals surface area contributed by atoms with E-state index in [4.69, 9.17) is 4.98 Å². The molecule has 3 amide bonds. The molecule has 3 atom stereocenters. The lowest BCUT2D eigenvalue weighted by Gasteiger charge is -2.42. The third kappa shape index (κ3) is 10.7. The minimum atomic E-state index is -0.890. The minimum absolute atomic E-state index is 0.00413. The van der Waals surface area contributed by atoms with Gasteiger partial charge in [-0.3, -0.25) is 39.3 Å². The number of dihydropyridines is 1. The summed E-state index contributed by atoms with van der Waals surface area (Å²) in [7, 11) is 0. The number of allylic oxidation sites excluding steroid dienone is 4. The molecule has 0 saturated carbocycles. The monoisotopic (exact) mass is 971 g/mol. The van der Waals surface area contributed by atoms with Gasteiger partial charge in [-0.2, -0.15) is 0 Å². The number of nitrogens with one attached hydrogen (secondary N) is 2. The number of rotatable bonds is 8. The number of hydrogen-bond donors (Lipinski definition) is 3. The lowest BCUT2D eigenvalue weighted by molar-refractivity contribution is -0.141. The summed E-state index contributed by atoms with van der Waals surface area (Å²) in [6.07, 6.45) is 21.3. The van der Waals surface area contributed by atoms with Gasteiger partial charge in [0.25, 0.3) is 5.91 Å². The van der Waals surface area contributed by atoms with Gasteiger partial charge >= 0.3 is 0 Å². The Balaban J connectivity index is 0.597. The molecule has 73 heavy (non-hydrogen) atoms. The largest absolute Gasteiger partial charge is 0.378 e. The first-order valence-corrected chi connectivity index (χ1v) is 25.8. The van der Waals surface area contributed by atoms with Gasteiger partial charge in [0.15, 0.2) is 5.82 Å². The van der Waals surface area contributed by atoms with Gasteiger partial charge < -0.3 is 15.3 Å². The SMILES string of the molecule is CC12C=CC=CC1=CC(c1ncc3c(n1)CN(C(=O)c1ccc(/C=C/c4ccc(C#CCN5CCN(C6CCN(CC#Cc7cccc8c7CN(C7CCC(=O)NC7=O)C8O)CC6)CC5)cc4)cc1)CC3)=CN2. The van der Waals surface area contributed by atoms with E-state index in [1.165, 1.54) is 0 Å². The van der Waals surface area contributed by atoms with E-state index in [1.807, 2.05) is 65.8 Å². The summed E-state index contributed by atoms with van der Waals surface area (Å²) in [5.41, 5.74) is 10.3. The first-order chi connectivity index (χ1) is 35.6. The zero-order valence-electron chi connectivity index (χ0n) is 41.4. The van der Waals surface area contributed by atoms with Crippen molar-refractivity contribution >= 4 is 35.4 Å². The quantitative estimate of drug-likeness (QED) is 0.114. The Morgan fingerprint density at radius 1 is 0.836 bits per heavy atom. The highest BCUT2D eigenvalue weighted by Crippen LogP contribution is 2.37. The van der Waals surface area contributed by atoms with E-state index in [0.29, 0.717) is 50.0 Å². The molecule has 3 fully saturated rings. The van der Waals surface area contributed by atoms with E-state index in [1.54, 1.807) is 4.90 Å². The smallest absolute Gasteiger partial charge is 0.254 e. The van der Waals surface area contributed by atoms with Crippen LogP contribution in [0, 0.1) is 23.7 Å². The first kappa shape index (κ1) is 48.1. The maximum Gasteiger partial charge on any atom is 0.254 e. The second-order valence-electron chi connectivity index (χ2n) is 20.3. The van der Waals surface area contributed by atoms with Crippen molar-refractivity contribution in [2.24, 2.45) is 0 Å². The maximum absolute atomic E-state index is 13.7. The number of benzene rings is 3. The van der Waals surface area contributed by atoms with Crippen LogP contribution in [0.2, 0.25) is 0 Å². The van der Waals surface area contributed by atoms with Crippen molar-refractivity contribution in [2.45, 2.75) is 76.0 Å². The topological polar surface area (TPSA) is 137 Å². The van der Waals surface area contributed by atoms with E-state index in [-0.39, 0.29) is 29.7 Å². The fraction of sp³-hybridized carbons (Fsp3) is 0.350. The van der Waals surface area contributed by atoms with E-state index in [9.17, 15) is 19.5 Å². The first-order valence-electron chi connectivity index (χ1n) is 25.8. The van der Waals surface area contributed by atoms with Crippen LogP contribution in [0.3, 0.4) is 0 Å². The van der Waals surface area contributed by atoms with Gasteiger partial charge in [0.05, 0.1) is 36.9 Å². The third-order valence-electron chi connectivity index (χ3n) is 15.6. The number of aliphatic hydroxyl groups is 1. The van der Waals surface area contributed by atoms with Gasteiger partial charge in [-0.05, 0) is 96.8 Å². The Morgan fingerprint density at radius 3 is 2.34 bits per heavy atom. The summed E-state index contributed by atoms with van der Waals surface area (Å²) in [6, 6.07) is 22.0. The zero-order valence-corrected chi connectivity index (χ0v) is 41.4. The Kier molecular flexibility index (Phi) is 13.9. The molecule has 0 radical (unpaired) electrons. The van der Waals surface area contributed by atoms with Crippen LogP contribution in [0.25, 0.3) is 17.7 Å². The number of aliphatic hydroxyl groups excluding tert-OH is 1. The van der Waals surface area contributed by atoms with Crippen LogP contribution in [0.1, 0.15) is 99.7 Å². The molecule has 13 nitrogen and oxygen atoms in total. The fourth-order valence-electron chi connectivity index (χ4n) is 11.1. The normalized spacial score (nSPS) is 23.5. The number of fused-ring (bicyclic) bond motifs is 3. The fourth-order valence-corrected chi connectivity index (χ4v) is 11.1. The highest BCUT2D eigenvalue weighted by atomic mass is 16.3. The summed E-state index contributed by atoms with van der Waals surface area (Å²) in [4.78, 5) is 58.7. The molecule has 13 heteroatoms. The maximum atomic E-state index is 13.7. The van der Waals surface area contributed by atoms with Crippen molar-refractivity contribution in [1.29, 1.82) is 0 Å². The van der Waals surface area contributed by atoms with Crippen molar-refractivity contribution < 1.29 is 19.5 Å². The van der Waals surface area contributed by atoms with Crippen molar-refractivity contribution in [3.05, 3.63) is 171 Å². The van der Waals surface area contributed by atoms with Crippen molar-refractivity contribution in [2.75, 3.05) is 58.9 Å². The molecule has 11 rings (SSSR count). The van der Waals surface area contributed by atoms with Gasteiger partial charge in [0, 0.05) is 105 Å². The van der Waals surface area contributed by atoms with Crippen LogP contribution in [-0.2, 0) is 29.1 Å². The molecular formula is C60H61N9O4. The molecule has 7 heterocycles. The lowest BCUT2D eigenvalue weighted by atomic mass is 9.84. The van der Waals surface area contributed by atoms with Gasteiger partial charge in [-0.15, -0.1) is 0 Å². The van der Waals surface area contributed by atoms with Crippen molar-refractivity contribution in [3.8, 4) is 23.7 Å². The highest BCUT2D eigenvalue weighted by Gasteiger charge is 2.40. The summed E-state index contributed by atoms with van der Waals surface area (Å²) < 4.78 is 0. The predicted octanol–water partition coefficient (Wildman–Crippen LogP) is 5.70. The van der Waals surface area contributed by atoms with Gasteiger partial charge in [-0.25, -0.2) is 9.97 Å². The summed E-state index contributed by atoms with van der Waals surface area (Å²) in [6.45, 7) is 11.3. The molecule has 1 aromatic heterocycles. The molecule has 3 unspecified atom stereocenters. The van der Waals surface area contributed by atoms with E-state index in [2.05, 4.69) is 122 Å². The van der Waals surface area contributed by atoms with Gasteiger partial charge in [0.1, 0.15) is 6.23 Å². The van der Waals surface area contributed by atoms with Crippen LogP contribution in [0.15, 0.2) is 115 Å².